The Kier molecular flexibility index (Phi) is 1.94. The van der Waals surface area contributed by atoms with Gasteiger partial charge in [0.25, 0.3) is 0 Å². The van der Waals surface area contributed by atoms with Crippen molar-refractivity contribution < 1.29 is 4.74 Å². The normalized spacial score (nSPS) is 34.2. The number of hydrogen-bond acceptors (Lipinski definition) is 1. The average Bonchev–Trinajstić information content (AvgIpc) is 2.74. The fraction of sp³-hybridized carbons (Fsp3) is 0.889. The highest BCUT2D eigenvalue weighted by atomic mass is 16.6. The van der Waals surface area contributed by atoms with Crippen molar-refractivity contribution in [1.82, 2.24) is 0 Å². The van der Waals surface area contributed by atoms with Crippen LogP contribution in [-0.4, -0.2) is 12.7 Å². The molecule has 1 aliphatic heterocycles. The van der Waals surface area contributed by atoms with Gasteiger partial charge in [-0.2, -0.15) is 0 Å². The van der Waals surface area contributed by atoms with Crippen LogP contribution in [0.25, 0.3) is 0 Å². The topological polar surface area (TPSA) is 12.5 Å². The Morgan fingerprint density at radius 3 is 2.50 bits per heavy atom. The van der Waals surface area contributed by atoms with Crippen LogP contribution in [0.15, 0.2) is 0 Å². The van der Waals surface area contributed by atoms with Crippen molar-refractivity contribution in [1.29, 1.82) is 0 Å². The van der Waals surface area contributed by atoms with E-state index >= 15 is 0 Å². The van der Waals surface area contributed by atoms with Gasteiger partial charge in [0.15, 0.2) is 0 Å². The molecule has 0 aromatic rings. The standard InChI is InChI=1S/C9H15O/c1-2-4-8(5-3-1)6-9-7-10-9/h9H,1-7H2. The van der Waals surface area contributed by atoms with Crippen molar-refractivity contribution >= 4 is 0 Å². The molecule has 1 aliphatic carbocycles. The summed E-state index contributed by atoms with van der Waals surface area (Å²) >= 11 is 0. The summed E-state index contributed by atoms with van der Waals surface area (Å²) in [5.41, 5.74) is 0. The lowest BCUT2D eigenvalue weighted by Gasteiger charge is -2.19. The Hall–Kier alpha value is -0.0400. The molecule has 0 N–H and O–H groups in total. The molecule has 0 aromatic heterocycles. The van der Waals surface area contributed by atoms with E-state index in [0.29, 0.717) is 6.10 Å². The Balaban J connectivity index is 1.69. The SMILES string of the molecule is C1CC[C](CC2CO2)CC1. The number of epoxide rings is 1. The van der Waals surface area contributed by atoms with E-state index in [4.69, 9.17) is 4.74 Å². The Bertz CT molecular complexity index is 101. The van der Waals surface area contributed by atoms with Crippen molar-refractivity contribution in [3.05, 3.63) is 5.92 Å². The quantitative estimate of drug-likeness (QED) is 0.535. The van der Waals surface area contributed by atoms with Gasteiger partial charge >= 0.3 is 0 Å². The maximum absolute atomic E-state index is 5.19. The summed E-state index contributed by atoms with van der Waals surface area (Å²) in [6, 6.07) is 0. The average molecular weight is 139 g/mol. The molecule has 1 saturated heterocycles. The molecular formula is C9H15O. The molecule has 2 rings (SSSR count). The fourth-order valence-electron chi connectivity index (χ4n) is 1.76. The van der Waals surface area contributed by atoms with Gasteiger partial charge in [0, 0.05) is 0 Å². The molecule has 1 heterocycles. The summed E-state index contributed by atoms with van der Waals surface area (Å²) in [6.07, 6.45) is 9.01. The molecule has 1 atom stereocenters. The van der Waals surface area contributed by atoms with Gasteiger partial charge < -0.3 is 4.74 Å². The Labute approximate surface area is 62.8 Å². The fourth-order valence-corrected chi connectivity index (χ4v) is 1.76. The van der Waals surface area contributed by atoms with Gasteiger partial charge in [0.1, 0.15) is 0 Å². The molecule has 2 aliphatic rings. The molecule has 0 aromatic carbocycles. The first-order valence-corrected chi connectivity index (χ1v) is 4.40. The number of rotatable bonds is 2. The third-order valence-corrected chi connectivity index (χ3v) is 2.48. The summed E-state index contributed by atoms with van der Waals surface area (Å²) in [6.45, 7) is 1.03. The second-order valence-corrected chi connectivity index (χ2v) is 3.47. The van der Waals surface area contributed by atoms with Gasteiger partial charge in [0.05, 0.1) is 12.7 Å². The van der Waals surface area contributed by atoms with Crippen LogP contribution in [0.1, 0.15) is 38.5 Å². The van der Waals surface area contributed by atoms with Gasteiger partial charge in [-0.3, -0.25) is 0 Å². The maximum Gasteiger partial charge on any atom is 0.0815 e. The summed E-state index contributed by atoms with van der Waals surface area (Å²) in [5.74, 6) is 1.77. The summed E-state index contributed by atoms with van der Waals surface area (Å²) < 4.78 is 5.19. The Morgan fingerprint density at radius 2 is 1.90 bits per heavy atom. The summed E-state index contributed by atoms with van der Waals surface area (Å²) in [7, 11) is 0. The lowest BCUT2D eigenvalue weighted by Crippen LogP contribution is -2.06. The van der Waals surface area contributed by atoms with E-state index in [-0.39, 0.29) is 0 Å². The van der Waals surface area contributed by atoms with E-state index in [9.17, 15) is 0 Å². The summed E-state index contributed by atoms with van der Waals surface area (Å²) in [4.78, 5) is 0. The molecule has 57 valence electrons. The van der Waals surface area contributed by atoms with Crippen molar-refractivity contribution in [2.75, 3.05) is 6.61 Å². The zero-order chi connectivity index (χ0) is 6.81. The van der Waals surface area contributed by atoms with Crippen LogP contribution in [0.5, 0.6) is 0 Å². The zero-order valence-electron chi connectivity index (χ0n) is 6.44. The molecule has 1 saturated carbocycles. The lowest BCUT2D eigenvalue weighted by molar-refractivity contribution is 0.382. The van der Waals surface area contributed by atoms with Crippen molar-refractivity contribution in [3.8, 4) is 0 Å². The van der Waals surface area contributed by atoms with Crippen LogP contribution in [0.2, 0.25) is 0 Å². The highest BCUT2D eigenvalue weighted by Gasteiger charge is 2.27. The number of hydrogen-bond donors (Lipinski definition) is 0. The highest BCUT2D eigenvalue weighted by molar-refractivity contribution is 4.96. The largest absolute Gasteiger partial charge is 0.373 e. The monoisotopic (exact) mass is 139 g/mol. The van der Waals surface area contributed by atoms with Crippen LogP contribution in [-0.2, 0) is 4.74 Å². The van der Waals surface area contributed by atoms with E-state index in [1.54, 1.807) is 5.92 Å². The molecule has 0 spiro atoms. The molecule has 1 heteroatoms. The van der Waals surface area contributed by atoms with Crippen molar-refractivity contribution in [2.45, 2.75) is 44.6 Å². The third kappa shape index (κ3) is 1.72. The molecule has 1 nitrogen and oxygen atoms in total. The second-order valence-electron chi connectivity index (χ2n) is 3.47. The van der Waals surface area contributed by atoms with E-state index < -0.39 is 0 Å². The van der Waals surface area contributed by atoms with E-state index in [1.807, 2.05) is 0 Å². The second kappa shape index (κ2) is 2.91. The molecule has 10 heavy (non-hydrogen) atoms. The van der Waals surface area contributed by atoms with E-state index in [0.717, 1.165) is 6.61 Å². The van der Waals surface area contributed by atoms with Gasteiger partial charge in [-0.05, 0) is 25.2 Å². The van der Waals surface area contributed by atoms with Crippen LogP contribution in [0.3, 0.4) is 0 Å². The lowest BCUT2D eigenvalue weighted by atomic mass is 9.86. The maximum atomic E-state index is 5.19. The molecule has 2 fully saturated rings. The molecule has 0 bridgehead atoms. The Morgan fingerprint density at radius 1 is 1.20 bits per heavy atom. The molecule has 1 unspecified atom stereocenters. The van der Waals surface area contributed by atoms with Crippen LogP contribution >= 0.6 is 0 Å². The van der Waals surface area contributed by atoms with Crippen LogP contribution in [0, 0.1) is 5.92 Å². The van der Waals surface area contributed by atoms with Crippen molar-refractivity contribution in [3.63, 3.8) is 0 Å². The van der Waals surface area contributed by atoms with Crippen molar-refractivity contribution in [2.24, 2.45) is 0 Å². The minimum Gasteiger partial charge on any atom is -0.373 e. The third-order valence-electron chi connectivity index (χ3n) is 2.48. The smallest absolute Gasteiger partial charge is 0.0815 e. The first-order chi connectivity index (χ1) is 4.95. The van der Waals surface area contributed by atoms with Gasteiger partial charge in [-0.25, -0.2) is 0 Å². The van der Waals surface area contributed by atoms with Gasteiger partial charge in [-0.15, -0.1) is 0 Å². The highest BCUT2D eigenvalue weighted by Crippen LogP contribution is 2.32. The van der Waals surface area contributed by atoms with Crippen LogP contribution < -0.4 is 0 Å². The van der Waals surface area contributed by atoms with Gasteiger partial charge in [0.2, 0.25) is 0 Å². The first-order valence-electron chi connectivity index (χ1n) is 4.40. The molecule has 0 amide bonds. The minimum atomic E-state index is 0.632. The molecular weight excluding hydrogens is 124 g/mol. The predicted molar refractivity (Wildman–Crippen MR) is 40.7 cm³/mol. The molecule has 1 radical (unpaired) electrons. The van der Waals surface area contributed by atoms with Gasteiger partial charge in [-0.1, -0.05) is 19.3 Å². The zero-order valence-corrected chi connectivity index (χ0v) is 6.44. The number of ether oxygens (including phenoxy) is 1. The predicted octanol–water partition coefficient (Wildman–Crippen LogP) is 2.31. The first kappa shape index (κ1) is 6.66. The minimum absolute atomic E-state index is 0.632. The van der Waals surface area contributed by atoms with E-state index in [2.05, 4.69) is 0 Å². The van der Waals surface area contributed by atoms with E-state index in [1.165, 1.54) is 38.5 Å². The van der Waals surface area contributed by atoms with Crippen LogP contribution in [0.4, 0.5) is 0 Å². The summed E-state index contributed by atoms with van der Waals surface area (Å²) in [5, 5.41) is 0.